The number of urea groups is 1. The second-order valence-electron chi connectivity index (χ2n) is 6.16. The topological polar surface area (TPSA) is 79.9 Å². The van der Waals surface area contributed by atoms with Crippen LogP contribution in [0.25, 0.3) is 0 Å². The number of hydrogen-bond acceptors (Lipinski definition) is 4. The average molecular weight is 333 g/mol. The molecule has 0 aromatic heterocycles. The largest absolute Gasteiger partial charge is 0.486 e. The van der Waals surface area contributed by atoms with Crippen molar-refractivity contribution in [2.75, 3.05) is 24.7 Å². The molecular weight excluding hydrogens is 310 g/mol. The molecule has 0 spiro atoms. The van der Waals surface area contributed by atoms with Crippen molar-refractivity contribution in [2.45, 2.75) is 38.8 Å². The number of amides is 3. The van der Waals surface area contributed by atoms with Crippen LogP contribution in [0.5, 0.6) is 11.5 Å². The van der Waals surface area contributed by atoms with Crippen molar-refractivity contribution in [1.29, 1.82) is 0 Å². The van der Waals surface area contributed by atoms with Gasteiger partial charge in [-0.1, -0.05) is 6.92 Å². The number of rotatable bonds is 4. The Morgan fingerprint density at radius 3 is 2.83 bits per heavy atom. The highest BCUT2D eigenvalue weighted by Gasteiger charge is 2.32. The van der Waals surface area contributed by atoms with Crippen molar-refractivity contribution in [2.24, 2.45) is 0 Å². The number of hydrogen-bond donors (Lipinski definition) is 2. The highest BCUT2D eigenvalue weighted by atomic mass is 16.6. The maximum atomic E-state index is 12.3. The Bertz CT molecular complexity index is 634. The summed E-state index contributed by atoms with van der Waals surface area (Å²) in [6.07, 6.45) is 1.16. The van der Waals surface area contributed by atoms with Gasteiger partial charge in [-0.25, -0.2) is 4.79 Å². The lowest BCUT2D eigenvalue weighted by atomic mass is 10.2. The molecule has 3 rings (SSSR count). The Morgan fingerprint density at radius 2 is 2.08 bits per heavy atom. The molecule has 2 heterocycles. The zero-order valence-corrected chi connectivity index (χ0v) is 14.0. The minimum absolute atomic E-state index is 0.0134. The Labute approximate surface area is 141 Å². The van der Waals surface area contributed by atoms with Gasteiger partial charge in [0.05, 0.1) is 6.04 Å². The van der Waals surface area contributed by atoms with E-state index in [1.165, 1.54) is 0 Å². The standard InChI is InChI=1S/C17H23N3O4/c1-3-11(2)18-17(22)19-12-8-16(21)20(10-12)13-4-5-14-15(9-13)24-7-6-23-14/h4-5,9,11-12H,3,6-8,10H2,1-2H3,(H2,18,19,22)/t11-,12-/m0/s1. The van der Waals surface area contributed by atoms with Crippen LogP contribution in [0.2, 0.25) is 0 Å². The first-order valence-electron chi connectivity index (χ1n) is 8.34. The van der Waals surface area contributed by atoms with Crippen LogP contribution in [-0.2, 0) is 4.79 Å². The van der Waals surface area contributed by atoms with Crippen LogP contribution >= 0.6 is 0 Å². The van der Waals surface area contributed by atoms with Crippen LogP contribution < -0.4 is 25.0 Å². The van der Waals surface area contributed by atoms with E-state index in [0.717, 1.165) is 12.1 Å². The molecule has 7 heteroatoms. The highest BCUT2D eigenvalue weighted by Crippen LogP contribution is 2.35. The Hall–Kier alpha value is -2.44. The monoisotopic (exact) mass is 333 g/mol. The zero-order chi connectivity index (χ0) is 17.1. The van der Waals surface area contributed by atoms with Crippen LogP contribution in [0.15, 0.2) is 18.2 Å². The average Bonchev–Trinajstić information content (AvgIpc) is 2.94. The molecule has 7 nitrogen and oxygen atoms in total. The lowest BCUT2D eigenvalue weighted by molar-refractivity contribution is -0.117. The molecule has 0 saturated carbocycles. The van der Waals surface area contributed by atoms with E-state index in [1.54, 1.807) is 4.90 Å². The minimum Gasteiger partial charge on any atom is -0.486 e. The summed E-state index contributed by atoms with van der Waals surface area (Å²) in [5.74, 6) is 1.33. The number of carbonyl (C=O) groups is 2. The summed E-state index contributed by atoms with van der Waals surface area (Å²) < 4.78 is 11.1. The number of fused-ring (bicyclic) bond motifs is 1. The Balaban J connectivity index is 1.63. The number of ether oxygens (including phenoxy) is 2. The fourth-order valence-electron chi connectivity index (χ4n) is 2.81. The van der Waals surface area contributed by atoms with Gasteiger partial charge in [0, 0.05) is 30.8 Å². The van der Waals surface area contributed by atoms with Gasteiger partial charge in [-0.2, -0.15) is 0 Å². The third-order valence-electron chi connectivity index (χ3n) is 4.29. The van der Waals surface area contributed by atoms with Crippen LogP contribution in [0.4, 0.5) is 10.5 Å². The van der Waals surface area contributed by atoms with Crippen molar-refractivity contribution < 1.29 is 19.1 Å². The summed E-state index contributed by atoms with van der Waals surface area (Å²) in [6, 6.07) is 5.14. The quantitative estimate of drug-likeness (QED) is 0.878. The molecule has 2 N–H and O–H groups in total. The van der Waals surface area contributed by atoms with Crippen molar-refractivity contribution in [3.05, 3.63) is 18.2 Å². The molecule has 3 amide bonds. The maximum Gasteiger partial charge on any atom is 0.315 e. The first kappa shape index (κ1) is 16.4. The third-order valence-corrected chi connectivity index (χ3v) is 4.29. The van der Waals surface area contributed by atoms with Gasteiger partial charge in [0.1, 0.15) is 13.2 Å². The smallest absolute Gasteiger partial charge is 0.315 e. The molecule has 0 aliphatic carbocycles. The van der Waals surface area contributed by atoms with Crippen LogP contribution in [0.3, 0.4) is 0 Å². The second-order valence-corrected chi connectivity index (χ2v) is 6.16. The summed E-state index contributed by atoms with van der Waals surface area (Å²) in [4.78, 5) is 25.9. The summed E-state index contributed by atoms with van der Waals surface area (Å²) >= 11 is 0. The molecule has 1 fully saturated rings. The van der Waals surface area contributed by atoms with Gasteiger partial charge in [0.15, 0.2) is 11.5 Å². The van der Waals surface area contributed by atoms with Gasteiger partial charge in [0.2, 0.25) is 5.91 Å². The summed E-state index contributed by atoms with van der Waals surface area (Å²) in [6.45, 7) is 5.44. The first-order valence-corrected chi connectivity index (χ1v) is 8.34. The molecule has 2 aliphatic heterocycles. The predicted octanol–water partition coefficient (Wildman–Crippen LogP) is 1.66. The highest BCUT2D eigenvalue weighted by molar-refractivity contribution is 5.97. The molecule has 0 radical (unpaired) electrons. The molecule has 1 aromatic carbocycles. The SMILES string of the molecule is CC[C@H](C)NC(=O)N[C@H]1CC(=O)N(c2ccc3c(c2)OCCO3)C1. The van der Waals surface area contributed by atoms with E-state index in [2.05, 4.69) is 10.6 Å². The first-order chi connectivity index (χ1) is 11.6. The zero-order valence-electron chi connectivity index (χ0n) is 14.0. The van der Waals surface area contributed by atoms with Crippen molar-refractivity contribution >= 4 is 17.6 Å². The lowest BCUT2D eigenvalue weighted by Gasteiger charge is -2.22. The predicted molar refractivity (Wildman–Crippen MR) is 89.6 cm³/mol. The van der Waals surface area contributed by atoms with Gasteiger partial charge in [-0.05, 0) is 25.5 Å². The van der Waals surface area contributed by atoms with E-state index in [0.29, 0.717) is 37.7 Å². The Morgan fingerprint density at radius 1 is 1.33 bits per heavy atom. The number of benzene rings is 1. The number of nitrogens with zero attached hydrogens (tertiary/aromatic N) is 1. The van der Waals surface area contributed by atoms with Crippen LogP contribution in [0, 0.1) is 0 Å². The minimum atomic E-state index is -0.230. The van der Waals surface area contributed by atoms with E-state index in [-0.39, 0.29) is 24.0 Å². The molecule has 0 unspecified atom stereocenters. The number of anilines is 1. The number of carbonyl (C=O) groups excluding carboxylic acids is 2. The molecule has 24 heavy (non-hydrogen) atoms. The molecule has 0 bridgehead atoms. The van der Waals surface area contributed by atoms with Crippen molar-refractivity contribution in [3.63, 3.8) is 0 Å². The van der Waals surface area contributed by atoms with Crippen molar-refractivity contribution in [1.82, 2.24) is 10.6 Å². The molecule has 2 aliphatic rings. The third kappa shape index (κ3) is 3.55. The summed E-state index contributed by atoms with van der Waals surface area (Å²) in [7, 11) is 0. The maximum absolute atomic E-state index is 12.3. The van der Waals surface area contributed by atoms with Crippen LogP contribution in [-0.4, -0.2) is 43.8 Å². The molecule has 1 saturated heterocycles. The second kappa shape index (κ2) is 6.98. The van der Waals surface area contributed by atoms with E-state index >= 15 is 0 Å². The summed E-state index contributed by atoms with van der Waals surface area (Å²) in [5.41, 5.74) is 0.760. The molecule has 1 aromatic rings. The number of nitrogens with one attached hydrogen (secondary N) is 2. The molecule has 130 valence electrons. The fraction of sp³-hybridized carbons (Fsp3) is 0.529. The van der Waals surface area contributed by atoms with E-state index in [9.17, 15) is 9.59 Å². The van der Waals surface area contributed by atoms with Gasteiger partial charge >= 0.3 is 6.03 Å². The molecular formula is C17H23N3O4. The Kier molecular flexibility index (Phi) is 4.78. The van der Waals surface area contributed by atoms with Gasteiger partial charge in [0.25, 0.3) is 0 Å². The normalized spacial score (nSPS) is 20.7. The van der Waals surface area contributed by atoms with Gasteiger partial charge in [-0.15, -0.1) is 0 Å². The van der Waals surface area contributed by atoms with E-state index in [1.807, 2.05) is 32.0 Å². The van der Waals surface area contributed by atoms with Gasteiger partial charge in [-0.3, -0.25) is 4.79 Å². The summed E-state index contributed by atoms with van der Waals surface area (Å²) in [5, 5.41) is 5.72. The van der Waals surface area contributed by atoms with Crippen molar-refractivity contribution in [3.8, 4) is 11.5 Å². The van der Waals surface area contributed by atoms with Crippen LogP contribution in [0.1, 0.15) is 26.7 Å². The van der Waals surface area contributed by atoms with Gasteiger partial charge < -0.3 is 25.0 Å². The fourth-order valence-corrected chi connectivity index (χ4v) is 2.81. The molecule has 2 atom stereocenters. The van der Waals surface area contributed by atoms with E-state index < -0.39 is 0 Å². The van der Waals surface area contributed by atoms with E-state index in [4.69, 9.17) is 9.47 Å². The lowest BCUT2D eigenvalue weighted by Crippen LogP contribution is -2.46.